The first kappa shape index (κ1) is 18.9. The molecule has 0 atom stereocenters. The van der Waals surface area contributed by atoms with Crippen LogP contribution < -0.4 is 10.6 Å². The molecule has 0 aliphatic carbocycles. The molecular formula is C19H25N5O3. The SMILES string of the molecule is Cc1noc(CNC(=O)C2CCN(C(=O)Nc3ccc(C)c(C)c3)CC2)n1. The van der Waals surface area contributed by atoms with Crippen LogP contribution in [0.3, 0.4) is 0 Å². The predicted octanol–water partition coefficient (Wildman–Crippen LogP) is 2.56. The van der Waals surface area contributed by atoms with Gasteiger partial charge in [-0.3, -0.25) is 4.79 Å². The van der Waals surface area contributed by atoms with Crippen LogP contribution in [0.5, 0.6) is 0 Å². The molecule has 144 valence electrons. The Morgan fingerprint density at radius 3 is 2.56 bits per heavy atom. The molecule has 8 nitrogen and oxygen atoms in total. The summed E-state index contributed by atoms with van der Waals surface area (Å²) in [6.07, 6.45) is 1.27. The Kier molecular flexibility index (Phi) is 5.73. The zero-order valence-corrected chi connectivity index (χ0v) is 15.9. The van der Waals surface area contributed by atoms with Crippen LogP contribution in [0.1, 0.15) is 35.7 Å². The second kappa shape index (κ2) is 8.20. The quantitative estimate of drug-likeness (QED) is 0.860. The molecule has 1 saturated heterocycles. The average molecular weight is 371 g/mol. The molecule has 1 fully saturated rings. The molecule has 8 heteroatoms. The largest absolute Gasteiger partial charge is 0.347 e. The van der Waals surface area contributed by atoms with Crippen LogP contribution in [0.2, 0.25) is 0 Å². The van der Waals surface area contributed by atoms with Gasteiger partial charge in [-0.05, 0) is 56.9 Å². The smallest absolute Gasteiger partial charge is 0.321 e. The number of piperidine rings is 1. The van der Waals surface area contributed by atoms with E-state index in [1.807, 2.05) is 32.0 Å². The third kappa shape index (κ3) is 4.84. The number of likely N-dealkylation sites (tertiary alicyclic amines) is 1. The number of hydrogen-bond donors (Lipinski definition) is 2. The molecule has 2 heterocycles. The van der Waals surface area contributed by atoms with Crippen LogP contribution in [0, 0.1) is 26.7 Å². The van der Waals surface area contributed by atoms with Crippen molar-refractivity contribution >= 4 is 17.6 Å². The number of nitrogens with zero attached hydrogens (tertiary/aromatic N) is 3. The fourth-order valence-corrected chi connectivity index (χ4v) is 3.09. The number of amides is 3. The van der Waals surface area contributed by atoms with Crippen molar-refractivity contribution in [1.29, 1.82) is 0 Å². The monoisotopic (exact) mass is 371 g/mol. The minimum atomic E-state index is -0.126. The molecule has 2 N–H and O–H groups in total. The number of anilines is 1. The van der Waals surface area contributed by atoms with Crippen LogP contribution in [-0.2, 0) is 11.3 Å². The standard InChI is InChI=1S/C19H25N5O3/c1-12-4-5-16(10-13(12)2)22-19(26)24-8-6-15(7-9-24)18(25)20-11-17-21-14(3)23-27-17/h4-5,10,15H,6-9,11H2,1-3H3,(H,20,25)(H,22,26). The minimum Gasteiger partial charge on any atom is -0.347 e. The summed E-state index contributed by atoms with van der Waals surface area (Å²) in [6, 6.07) is 5.73. The summed E-state index contributed by atoms with van der Waals surface area (Å²) < 4.78 is 4.99. The number of aryl methyl sites for hydroxylation is 3. The zero-order valence-electron chi connectivity index (χ0n) is 15.9. The van der Waals surface area contributed by atoms with Crippen molar-refractivity contribution in [3.63, 3.8) is 0 Å². The number of carbonyl (C=O) groups is 2. The fourth-order valence-electron chi connectivity index (χ4n) is 3.09. The summed E-state index contributed by atoms with van der Waals surface area (Å²) >= 11 is 0. The topological polar surface area (TPSA) is 100 Å². The lowest BCUT2D eigenvalue weighted by Crippen LogP contribution is -2.44. The van der Waals surface area contributed by atoms with Crippen molar-refractivity contribution in [2.24, 2.45) is 5.92 Å². The fraction of sp³-hybridized carbons (Fsp3) is 0.474. The number of benzene rings is 1. The Labute approximate surface area is 158 Å². The summed E-state index contributed by atoms with van der Waals surface area (Å²) in [5.74, 6) is 0.785. The highest BCUT2D eigenvalue weighted by molar-refractivity contribution is 5.89. The number of urea groups is 1. The maximum Gasteiger partial charge on any atom is 0.321 e. The second-order valence-corrected chi connectivity index (χ2v) is 6.94. The second-order valence-electron chi connectivity index (χ2n) is 6.94. The zero-order chi connectivity index (χ0) is 19.4. The minimum absolute atomic E-state index is 0.0416. The van der Waals surface area contributed by atoms with E-state index in [2.05, 4.69) is 20.8 Å². The Morgan fingerprint density at radius 1 is 1.19 bits per heavy atom. The highest BCUT2D eigenvalue weighted by atomic mass is 16.5. The number of nitrogens with one attached hydrogen (secondary N) is 2. The molecule has 1 aliphatic rings. The highest BCUT2D eigenvalue weighted by Gasteiger charge is 2.27. The van der Waals surface area contributed by atoms with E-state index in [4.69, 9.17) is 4.52 Å². The summed E-state index contributed by atoms with van der Waals surface area (Å²) in [7, 11) is 0. The number of rotatable bonds is 4. The van der Waals surface area contributed by atoms with Crippen LogP contribution in [0.4, 0.5) is 10.5 Å². The molecule has 3 rings (SSSR count). The lowest BCUT2D eigenvalue weighted by molar-refractivity contribution is -0.126. The van der Waals surface area contributed by atoms with Gasteiger partial charge in [0.2, 0.25) is 11.8 Å². The summed E-state index contributed by atoms with van der Waals surface area (Å²) in [5.41, 5.74) is 3.12. The van der Waals surface area contributed by atoms with Crippen molar-refractivity contribution in [3.8, 4) is 0 Å². The van der Waals surface area contributed by atoms with Crippen LogP contribution in [0.25, 0.3) is 0 Å². The Bertz CT molecular complexity index is 825. The summed E-state index contributed by atoms with van der Waals surface area (Å²) in [6.45, 7) is 7.12. The van der Waals surface area contributed by atoms with Crippen molar-refractivity contribution in [1.82, 2.24) is 20.4 Å². The first-order chi connectivity index (χ1) is 12.9. The van der Waals surface area contributed by atoms with E-state index in [1.54, 1.807) is 11.8 Å². The molecule has 1 aromatic carbocycles. The average Bonchev–Trinajstić information content (AvgIpc) is 3.08. The first-order valence-electron chi connectivity index (χ1n) is 9.12. The van der Waals surface area contributed by atoms with E-state index < -0.39 is 0 Å². The van der Waals surface area contributed by atoms with Gasteiger partial charge in [0, 0.05) is 24.7 Å². The van der Waals surface area contributed by atoms with Crippen molar-refractivity contribution in [2.75, 3.05) is 18.4 Å². The number of aromatic nitrogens is 2. The summed E-state index contributed by atoms with van der Waals surface area (Å²) in [4.78, 5) is 30.5. The van der Waals surface area contributed by atoms with Crippen molar-refractivity contribution < 1.29 is 14.1 Å². The van der Waals surface area contributed by atoms with Gasteiger partial charge in [0.15, 0.2) is 5.82 Å². The van der Waals surface area contributed by atoms with E-state index in [0.29, 0.717) is 37.6 Å². The van der Waals surface area contributed by atoms with Gasteiger partial charge < -0.3 is 20.1 Å². The van der Waals surface area contributed by atoms with Crippen molar-refractivity contribution in [2.45, 2.75) is 40.2 Å². The van der Waals surface area contributed by atoms with Crippen LogP contribution >= 0.6 is 0 Å². The van der Waals surface area contributed by atoms with Gasteiger partial charge in [-0.25, -0.2) is 4.79 Å². The Morgan fingerprint density at radius 2 is 1.93 bits per heavy atom. The van der Waals surface area contributed by atoms with Gasteiger partial charge in [-0.15, -0.1) is 0 Å². The Hall–Kier alpha value is -2.90. The van der Waals surface area contributed by atoms with Gasteiger partial charge in [0.25, 0.3) is 0 Å². The lowest BCUT2D eigenvalue weighted by atomic mass is 9.96. The molecule has 0 radical (unpaired) electrons. The molecule has 27 heavy (non-hydrogen) atoms. The first-order valence-corrected chi connectivity index (χ1v) is 9.12. The Balaban J connectivity index is 1.45. The number of carbonyl (C=O) groups excluding carboxylic acids is 2. The highest BCUT2D eigenvalue weighted by Crippen LogP contribution is 2.20. The molecule has 0 bridgehead atoms. The molecule has 3 amide bonds. The van der Waals surface area contributed by atoms with Gasteiger partial charge in [0.1, 0.15) is 0 Å². The van der Waals surface area contributed by atoms with Gasteiger partial charge in [-0.1, -0.05) is 11.2 Å². The van der Waals surface area contributed by atoms with E-state index in [1.165, 1.54) is 5.56 Å². The van der Waals surface area contributed by atoms with E-state index in [9.17, 15) is 9.59 Å². The van der Waals surface area contributed by atoms with E-state index in [-0.39, 0.29) is 24.4 Å². The van der Waals surface area contributed by atoms with E-state index in [0.717, 1.165) is 11.3 Å². The van der Waals surface area contributed by atoms with Gasteiger partial charge >= 0.3 is 6.03 Å². The van der Waals surface area contributed by atoms with Crippen LogP contribution in [0.15, 0.2) is 22.7 Å². The predicted molar refractivity (Wildman–Crippen MR) is 100 cm³/mol. The maximum atomic E-state index is 12.4. The van der Waals surface area contributed by atoms with Gasteiger partial charge in [0.05, 0.1) is 6.54 Å². The lowest BCUT2D eigenvalue weighted by Gasteiger charge is -2.31. The molecule has 2 aromatic rings. The van der Waals surface area contributed by atoms with Crippen molar-refractivity contribution in [3.05, 3.63) is 41.0 Å². The maximum absolute atomic E-state index is 12.4. The third-order valence-corrected chi connectivity index (χ3v) is 4.89. The molecular weight excluding hydrogens is 346 g/mol. The number of hydrogen-bond acceptors (Lipinski definition) is 5. The van der Waals surface area contributed by atoms with Gasteiger partial charge in [-0.2, -0.15) is 4.98 Å². The molecule has 0 spiro atoms. The molecule has 1 aliphatic heterocycles. The van der Waals surface area contributed by atoms with Crippen LogP contribution in [-0.4, -0.2) is 40.1 Å². The van der Waals surface area contributed by atoms with E-state index >= 15 is 0 Å². The third-order valence-electron chi connectivity index (χ3n) is 4.89. The molecule has 0 unspecified atom stereocenters. The normalized spacial score (nSPS) is 14.9. The summed E-state index contributed by atoms with van der Waals surface area (Å²) in [5, 5.41) is 9.45. The molecule has 1 aromatic heterocycles. The molecule has 0 saturated carbocycles.